The van der Waals surface area contributed by atoms with E-state index in [2.05, 4.69) is 33.8 Å². The Kier molecular flexibility index (Phi) is 18.4. The molecule has 4 saturated heterocycles. The van der Waals surface area contributed by atoms with Crippen LogP contribution in [-0.2, 0) is 37.9 Å². The highest BCUT2D eigenvalue weighted by Crippen LogP contribution is 2.76. The molecule has 4 saturated carbocycles. The predicted octanol–water partition coefficient (Wildman–Crippen LogP) is -1.56. The Bertz CT molecular complexity index is 1930. The molecule has 0 radical (unpaired) electrons. The summed E-state index contributed by atoms with van der Waals surface area (Å²) in [6.07, 6.45) is -21.3. The number of allylic oxidation sites excluding steroid dienone is 2. The lowest BCUT2D eigenvalue weighted by atomic mass is 9.35. The first-order valence-corrected chi connectivity index (χ1v) is 27.4. The Balaban J connectivity index is 1.04. The molecule has 8 rings (SSSR count). The van der Waals surface area contributed by atoms with E-state index in [0.717, 1.165) is 31.3 Å². The molecule has 4 heterocycles. The molecule has 14 N–H and O–H groups in total. The molecule has 434 valence electrons. The van der Waals surface area contributed by atoms with Crippen LogP contribution in [0.2, 0.25) is 0 Å². The molecular weight excluding hydrogens is 989 g/mol. The molecule has 0 spiro atoms. The molecule has 0 amide bonds. The quantitative estimate of drug-likeness (QED) is 0.0614. The van der Waals surface area contributed by atoms with Gasteiger partial charge in [0.05, 0.1) is 44.2 Å². The van der Waals surface area contributed by atoms with Crippen LogP contribution in [-0.4, -0.2) is 233 Å². The van der Waals surface area contributed by atoms with Crippen LogP contribution >= 0.6 is 0 Å². The highest BCUT2D eigenvalue weighted by atomic mass is 16.8. The summed E-state index contributed by atoms with van der Waals surface area (Å²) < 4.78 is 49.0. The van der Waals surface area contributed by atoms with Crippen molar-refractivity contribution in [2.75, 3.05) is 33.0 Å². The van der Waals surface area contributed by atoms with E-state index in [0.29, 0.717) is 38.5 Å². The van der Waals surface area contributed by atoms with Crippen LogP contribution in [0.4, 0.5) is 0 Å². The molecule has 0 bridgehead atoms. The summed E-state index contributed by atoms with van der Waals surface area (Å²) in [5.74, 6) is -0.228. The molecule has 75 heavy (non-hydrogen) atoms. The first-order valence-electron chi connectivity index (χ1n) is 27.4. The monoisotopic (exact) mass is 1080 g/mol. The van der Waals surface area contributed by atoms with E-state index in [4.69, 9.17) is 37.9 Å². The van der Waals surface area contributed by atoms with E-state index in [9.17, 15) is 71.5 Å². The van der Waals surface area contributed by atoms with Gasteiger partial charge in [-0.05, 0) is 125 Å². The lowest BCUT2D eigenvalue weighted by Gasteiger charge is -2.70. The molecular formula is C53H90O22. The zero-order valence-corrected chi connectivity index (χ0v) is 44.6. The largest absolute Gasteiger partial charge is 0.396 e. The number of fused-ring (bicyclic) bond motifs is 5. The Hall–Kier alpha value is -1.14. The molecule has 28 atom stereocenters. The van der Waals surface area contributed by atoms with E-state index >= 15 is 0 Å². The maximum Gasteiger partial charge on any atom is 0.187 e. The minimum absolute atomic E-state index is 0.0479. The second-order valence-electron chi connectivity index (χ2n) is 25.0. The van der Waals surface area contributed by atoms with Crippen LogP contribution in [0.5, 0.6) is 0 Å². The summed E-state index contributed by atoms with van der Waals surface area (Å²) in [5.41, 5.74) is -2.12. The fourth-order valence-electron chi connectivity index (χ4n) is 15.9. The lowest BCUT2D eigenvalue weighted by molar-refractivity contribution is -0.395. The van der Waals surface area contributed by atoms with Gasteiger partial charge >= 0.3 is 0 Å². The third-order valence-corrected chi connectivity index (χ3v) is 20.5. The van der Waals surface area contributed by atoms with Gasteiger partial charge in [0.15, 0.2) is 25.2 Å². The number of hydrogen-bond acceptors (Lipinski definition) is 22. The Labute approximate surface area is 439 Å². The molecule has 8 aliphatic rings. The topological polar surface area (TPSA) is 357 Å². The molecule has 0 aromatic carbocycles. The number of rotatable bonds is 16. The number of aliphatic hydroxyl groups excluding tert-OH is 13. The molecule has 22 nitrogen and oxygen atoms in total. The van der Waals surface area contributed by atoms with Gasteiger partial charge in [-0.2, -0.15) is 0 Å². The predicted molar refractivity (Wildman–Crippen MR) is 260 cm³/mol. The van der Waals surface area contributed by atoms with Crippen molar-refractivity contribution in [3.63, 3.8) is 0 Å². The van der Waals surface area contributed by atoms with E-state index < -0.39 is 159 Å². The first-order chi connectivity index (χ1) is 35.2. The highest BCUT2D eigenvalue weighted by Gasteiger charge is 2.71. The average molecular weight is 1080 g/mol. The second-order valence-corrected chi connectivity index (χ2v) is 25.0. The van der Waals surface area contributed by atoms with Gasteiger partial charge in [-0.25, -0.2) is 0 Å². The van der Waals surface area contributed by atoms with Crippen molar-refractivity contribution in [2.24, 2.45) is 45.3 Å². The van der Waals surface area contributed by atoms with Gasteiger partial charge in [0.1, 0.15) is 85.5 Å². The van der Waals surface area contributed by atoms with Crippen molar-refractivity contribution in [1.82, 2.24) is 0 Å². The van der Waals surface area contributed by atoms with Gasteiger partial charge in [0.2, 0.25) is 0 Å². The molecule has 4 aliphatic carbocycles. The Morgan fingerprint density at radius 3 is 1.88 bits per heavy atom. The summed E-state index contributed by atoms with van der Waals surface area (Å²) in [7, 11) is 0. The Morgan fingerprint density at radius 1 is 0.600 bits per heavy atom. The smallest absolute Gasteiger partial charge is 0.187 e. The maximum absolute atomic E-state index is 12.9. The van der Waals surface area contributed by atoms with E-state index in [-0.39, 0.29) is 47.7 Å². The number of hydrogen-bond donors (Lipinski definition) is 14. The molecule has 22 heteroatoms. The van der Waals surface area contributed by atoms with Crippen LogP contribution in [0.1, 0.15) is 113 Å². The summed E-state index contributed by atoms with van der Waals surface area (Å²) >= 11 is 0. The zero-order valence-electron chi connectivity index (χ0n) is 44.6. The third kappa shape index (κ3) is 10.6. The molecule has 0 aromatic rings. The molecule has 4 aliphatic heterocycles. The first kappa shape index (κ1) is 60.0. The summed E-state index contributed by atoms with van der Waals surface area (Å²) in [5, 5.41) is 153. The van der Waals surface area contributed by atoms with Gasteiger partial charge in [-0.1, -0.05) is 39.3 Å². The van der Waals surface area contributed by atoms with E-state index in [1.807, 2.05) is 13.8 Å². The van der Waals surface area contributed by atoms with Crippen molar-refractivity contribution in [3.8, 4) is 0 Å². The third-order valence-electron chi connectivity index (χ3n) is 20.5. The van der Waals surface area contributed by atoms with Gasteiger partial charge in [-0.15, -0.1) is 0 Å². The molecule has 0 aromatic heterocycles. The molecule has 0 unspecified atom stereocenters. The van der Waals surface area contributed by atoms with Crippen LogP contribution < -0.4 is 0 Å². The Morgan fingerprint density at radius 2 is 1.21 bits per heavy atom. The zero-order chi connectivity index (χ0) is 54.9. The van der Waals surface area contributed by atoms with Gasteiger partial charge in [0, 0.05) is 12.0 Å². The summed E-state index contributed by atoms with van der Waals surface area (Å²) in [4.78, 5) is 0. The van der Waals surface area contributed by atoms with Gasteiger partial charge in [0.25, 0.3) is 0 Å². The summed E-state index contributed by atoms with van der Waals surface area (Å²) in [6.45, 7) is 12.2. The van der Waals surface area contributed by atoms with Gasteiger partial charge < -0.3 is 109 Å². The van der Waals surface area contributed by atoms with Gasteiger partial charge in [-0.3, -0.25) is 0 Å². The molecule has 8 fully saturated rings. The number of ether oxygens (including phenoxy) is 8. The van der Waals surface area contributed by atoms with Crippen LogP contribution in [0, 0.1) is 45.3 Å². The van der Waals surface area contributed by atoms with Crippen molar-refractivity contribution < 1.29 is 109 Å². The lowest BCUT2D eigenvalue weighted by Crippen LogP contribution is -2.68. The summed E-state index contributed by atoms with van der Waals surface area (Å²) in [6, 6.07) is 0. The maximum atomic E-state index is 12.9. The van der Waals surface area contributed by atoms with Crippen molar-refractivity contribution >= 4 is 0 Å². The second kappa shape index (κ2) is 23.0. The van der Waals surface area contributed by atoms with Crippen LogP contribution in [0.3, 0.4) is 0 Å². The normalized spacial score (nSPS) is 51.7. The SMILES string of the molecule is CC(C)=CCC[C@@](O)(CO[C@@H]1O[C@H](CO)[C@@H](O)[C@H](O)[C@H]1O)[C@H]1CC[C@]2(C)[C@@H]1CC[C@@H]1[C@@]3(CO)CC[C@H](O[C@@H]4O[C@H](CO)[C@@H](O)[C@H](O[C@@H]5OC[C@@H](O)[C@H](O)[C@H]5O)[C@H]4O[C@@H]4O[C@@H](C)[C@H](O)[C@@H](O)[C@H]4O)C(C)(C)[C@H]3CC[C@]12C. The highest BCUT2D eigenvalue weighted by molar-refractivity contribution is 5.20. The fraction of sp³-hybridized carbons (Fsp3) is 0.962. The van der Waals surface area contributed by atoms with E-state index in [1.165, 1.54) is 6.92 Å². The van der Waals surface area contributed by atoms with Crippen molar-refractivity contribution in [2.45, 2.75) is 241 Å². The minimum atomic E-state index is -1.81. The van der Waals surface area contributed by atoms with Crippen LogP contribution in [0.15, 0.2) is 11.6 Å². The standard InChI is InChI=1S/C53H90O22/c1-24(2)9-8-15-53(67,23-69-46-41(65)39(63)36(60)29(19-54)71-46)27-12-16-50(6)26(27)10-11-32-51(50,7)17-13-31-49(4,5)33(14-18-52(31,32)22-56)73-48-44(75-47-42(66)38(62)34(58)25(3)70-47)43(37(61)30(20-55)72-48)74-45-40(64)35(59)28(57)21-68-45/h9,25-48,54-67H,8,10-23H2,1-7H3/t25-,26+,27-,28+,29+,30+,31+,32-,33-,34-,35-,36+,37+,38+,39-,40+,41+,42+,43-,44+,45-,46+,47-,48-,50+,51+,52+,53+/m0/s1. The van der Waals surface area contributed by atoms with Crippen molar-refractivity contribution in [3.05, 3.63) is 11.6 Å². The minimum Gasteiger partial charge on any atom is -0.396 e. The average Bonchev–Trinajstić information content (AvgIpc) is 3.74. The van der Waals surface area contributed by atoms with E-state index in [1.54, 1.807) is 0 Å². The van der Waals surface area contributed by atoms with Crippen molar-refractivity contribution in [1.29, 1.82) is 0 Å². The number of aliphatic hydroxyl groups is 14. The fourth-order valence-corrected chi connectivity index (χ4v) is 15.9. The van der Waals surface area contributed by atoms with Crippen LogP contribution in [0.25, 0.3) is 0 Å².